The topological polar surface area (TPSA) is 117 Å². The first-order chi connectivity index (χ1) is 12.0. The average molecular weight is 341 g/mol. The lowest BCUT2D eigenvalue weighted by molar-refractivity contribution is -0.130. The fraction of sp³-hybridized carbons (Fsp3) is 0.222. The standard InChI is InChI=1S/C18H19N3O4/c19-9-13-4-6-14(7-5-13)10-21(12-17(22)20-25)11-15-2-1-3-16(8-15)18(23)24/h1-8,18,23-25H,10-12H2,(H,20,22). The normalized spacial score (nSPS) is 10.7. The van der Waals surface area contributed by atoms with Crippen molar-refractivity contribution in [2.45, 2.75) is 19.4 Å². The third-order valence-corrected chi connectivity index (χ3v) is 3.64. The van der Waals surface area contributed by atoms with Gasteiger partial charge in [0, 0.05) is 18.7 Å². The number of hydrogen-bond donors (Lipinski definition) is 4. The van der Waals surface area contributed by atoms with Gasteiger partial charge in [0.2, 0.25) is 0 Å². The largest absolute Gasteiger partial charge is 0.364 e. The van der Waals surface area contributed by atoms with Gasteiger partial charge in [-0.2, -0.15) is 5.26 Å². The highest BCUT2D eigenvalue weighted by Crippen LogP contribution is 2.15. The van der Waals surface area contributed by atoms with Crippen LogP contribution in [0.15, 0.2) is 48.5 Å². The van der Waals surface area contributed by atoms with E-state index in [4.69, 9.17) is 10.5 Å². The Morgan fingerprint density at radius 2 is 1.80 bits per heavy atom. The molecule has 1 amide bonds. The lowest BCUT2D eigenvalue weighted by atomic mass is 10.1. The van der Waals surface area contributed by atoms with Crippen LogP contribution in [0, 0.1) is 11.3 Å². The number of hydroxylamine groups is 1. The molecular weight excluding hydrogens is 322 g/mol. The van der Waals surface area contributed by atoms with Gasteiger partial charge in [-0.1, -0.05) is 30.3 Å². The molecule has 2 aromatic rings. The predicted octanol–water partition coefficient (Wildman–Crippen LogP) is 1.05. The molecule has 0 bridgehead atoms. The SMILES string of the molecule is N#Cc1ccc(CN(CC(=O)NO)Cc2cccc(C(O)O)c2)cc1. The van der Waals surface area contributed by atoms with E-state index >= 15 is 0 Å². The lowest BCUT2D eigenvalue weighted by Gasteiger charge is -2.22. The van der Waals surface area contributed by atoms with Gasteiger partial charge >= 0.3 is 0 Å². The molecule has 0 spiro atoms. The maximum atomic E-state index is 11.6. The first-order valence-electron chi connectivity index (χ1n) is 7.61. The van der Waals surface area contributed by atoms with Crippen molar-refractivity contribution >= 4 is 5.91 Å². The molecule has 0 aliphatic heterocycles. The molecule has 0 radical (unpaired) electrons. The third kappa shape index (κ3) is 5.67. The van der Waals surface area contributed by atoms with Crippen molar-refractivity contribution in [3.8, 4) is 6.07 Å². The van der Waals surface area contributed by atoms with Gasteiger partial charge in [-0.25, -0.2) is 5.48 Å². The number of nitrogens with zero attached hydrogens (tertiary/aromatic N) is 2. The van der Waals surface area contributed by atoms with Gasteiger partial charge in [-0.3, -0.25) is 14.9 Å². The molecule has 4 N–H and O–H groups in total. The van der Waals surface area contributed by atoms with E-state index in [2.05, 4.69) is 0 Å². The summed E-state index contributed by atoms with van der Waals surface area (Å²) in [6.45, 7) is 0.751. The van der Waals surface area contributed by atoms with Crippen LogP contribution >= 0.6 is 0 Å². The number of carbonyl (C=O) groups is 1. The van der Waals surface area contributed by atoms with E-state index in [9.17, 15) is 15.0 Å². The van der Waals surface area contributed by atoms with Gasteiger partial charge in [0.15, 0.2) is 6.29 Å². The molecule has 0 aliphatic rings. The Hall–Kier alpha value is -2.76. The highest BCUT2D eigenvalue weighted by molar-refractivity contribution is 5.76. The van der Waals surface area contributed by atoms with Crippen LogP contribution in [0.3, 0.4) is 0 Å². The smallest absolute Gasteiger partial charge is 0.257 e. The fourth-order valence-corrected chi connectivity index (χ4v) is 2.46. The summed E-state index contributed by atoms with van der Waals surface area (Å²) in [6.07, 6.45) is -1.56. The molecule has 0 fully saturated rings. The minimum atomic E-state index is -1.56. The highest BCUT2D eigenvalue weighted by atomic mass is 16.5. The number of hydrogen-bond acceptors (Lipinski definition) is 6. The first-order valence-corrected chi connectivity index (χ1v) is 7.61. The molecule has 0 saturated carbocycles. The number of rotatable bonds is 7. The minimum absolute atomic E-state index is 0.0393. The second-order valence-electron chi connectivity index (χ2n) is 5.61. The molecule has 130 valence electrons. The zero-order chi connectivity index (χ0) is 18.2. The summed E-state index contributed by atoms with van der Waals surface area (Å²) in [6, 6.07) is 15.8. The van der Waals surface area contributed by atoms with Crippen LogP contribution in [0.2, 0.25) is 0 Å². The summed E-state index contributed by atoms with van der Waals surface area (Å²) >= 11 is 0. The van der Waals surface area contributed by atoms with Gasteiger partial charge < -0.3 is 10.2 Å². The molecule has 7 heteroatoms. The van der Waals surface area contributed by atoms with E-state index < -0.39 is 12.2 Å². The number of benzene rings is 2. The zero-order valence-electron chi connectivity index (χ0n) is 13.5. The number of nitrogens with one attached hydrogen (secondary N) is 1. The van der Waals surface area contributed by atoms with Gasteiger partial charge in [0.25, 0.3) is 5.91 Å². The van der Waals surface area contributed by atoms with Crippen LogP contribution in [0.4, 0.5) is 0 Å². The van der Waals surface area contributed by atoms with Crippen molar-refractivity contribution in [3.63, 3.8) is 0 Å². The van der Waals surface area contributed by atoms with Crippen molar-refractivity contribution in [3.05, 3.63) is 70.8 Å². The summed E-state index contributed by atoms with van der Waals surface area (Å²) in [5, 5.41) is 36.2. The quantitative estimate of drug-likeness (QED) is 0.340. The molecule has 2 rings (SSSR count). The fourth-order valence-electron chi connectivity index (χ4n) is 2.46. The van der Waals surface area contributed by atoms with E-state index in [0.717, 1.165) is 11.1 Å². The van der Waals surface area contributed by atoms with Crippen LogP contribution in [0.25, 0.3) is 0 Å². The van der Waals surface area contributed by atoms with E-state index in [-0.39, 0.29) is 6.54 Å². The zero-order valence-corrected chi connectivity index (χ0v) is 13.5. The molecule has 0 unspecified atom stereocenters. The third-order valence-electron chi connectivity index (χ3n) is 3.64. The lowest BCUT2D eigenvalue weighted by Crippen LogP contribution is -2.35. The number of carbonyl (C=O) groups excluding carboxylic acids is 1. The second kappa shape index (κ2) is 8.92. The summed E-state index contributed by atoms with van der Waals surface area (Å²) in [7, 11) is 0. The van der Waals surface area contributed by atoms with E-state index in [1.165, 1.54) is 0 Å². The Morgan fingerprint density at radius 1 is 1.12 bits per heavy atom. The number of amides is 1. The summed E-state index contributed by atoms with van der Waals surface area (Å²) in [5.41, 5.74) is 4.23. The Labute approximate surface area is 145 Å². The van der Waals surface area contributed by atoms with Crippen molar-refractivity contribution in [1.82, 2.24) is 10.4 Å². The van der Waals surface area contributed by atoms with Crippen molar-refractivity contribution in [2.24, 2.45) is 0 Å². The summed E-state index contributed by atoms with van der Waals surface area (Å²) in [4.78, 5) is 13.3. The van der Waals surface area contributed by atoms with Crippen LogP contribution < -0.4 is 5.48 Å². The molecule has 0 aromatic heterocycles. The number of nitriles is 1. The van der Waals surface area contributed by atoms with E-state index in [1.807, 2.05) is 12.1 Å². The summed E-state index contributed by atoms with van der Waals surface area (Å²) in [5.74, 6) is -0.549. The molecular formula is C18H19N3O4. The molecule has 2 aromatic carbocycles. The Balaban J connectivity index is 2.15. The van der Waals surface area contributed by atoms with Gasteiger partial charge in [-0.15, -0.1) is 0 Å². The maximum Gasteiger partial charge on any atom is 0.257 e. The van der Waals surface area contributed by atoms with Gasteiger partial charge in [0.1, 0.15) is 0 Å². The van der Waals surface area contributed by atoms with Crippen molar-refractivity contribution in [2.75, 3.05) is 6.54 Å². The first kappa shape index (κ1) is 18.6. The van der Waals surface area contributed by atoms with E-state index in [0.29, 0.717) is 24.2 Å². The monoisotopic (exact) mass is 341 g/mol. The van der Waals surface area contributed by atoms with Crippen LogP contribution in [-0.2, 0) is 17.9 Å². The van der Waals surface area contributed by atoms with Gasteiger partial charge in [0.05, 0.1) is 18.2 Å². The molecule has 0 saturated heterocycles. The van der Waals surface area contributed by atoms with Crippen LogP contribution in [0.1, 0.15) is 28.5 Å². The number of aliphatic hydroxyl groups is 2. The van der Waals surface area contributed by atoms with Crippen LogP contribution in [0.5, 0.6) is 0 Å². The minimum Gasteiger partial charge on any atom is -0.364 e. The van der Waals surface area contributed by atoms with Crippen molar-refractivity contribution in [1.29, 1.82) is 5.26 Å². The average Bonchev–Trinajstić information content (AvgIpc) is 2.62. The maximum absolute atomic E-state index is 11.6. The molecule has 0 aliphatic carbocycles. The van der Waals surface area contributed by atoms with Gasteiger partial charge in [-0.05, 0) is 29.3 Å². The molecule has 7 nitrogen and oxygen atoms in total. The molecule has 0 atom stereocenters. The second-order valence-corrected chi connectivity index (χ2v) is 5.61. The Kier molecular flexibility index (Phi) is 6.62. The Morgan fingerprint density at radius 3 is 2.40 bits per heavy atom. The van der Waals surface area contributed by atoms with E-state index in [1.54, 1.807) is 52.8 Å². The highest BCUT2D eigenvalue weighted by Gasteiger charge is 2.13. The molecule has 0 heterocycles. The number of aliphatic hydroxyl groups excluding tert-OH is 1. The Bertz CT molecular complexity index is 754. The van der Waals surface area contributed by atoms with Crippen LogP contribution in [-0.4, -0.2) is 32.8 Å². The summed E-state index contributed by atoms with van der Waals surface area (Å²) < 4.78 is 0. The van der Waals surface area contributed by atoms with Crippen molar-refractivity contribution < 1.29 is 20.2 Å². The predicted molar refractivity (Wildman–Crippen MR) is 88.8 cm³/mol. The molecule has 25 heavy (non-hydrogen) atoms.